The molecule has 9 nitrogen and oxygen atoms in total. The zero-order valence-corrected chi connectivity index (χ0v) is 19.9. The maximum atomic E-state index is 12.7. The van der Waals surface area contributed by atoms with Gasteiger partial charge in [-0.05, 0) is 31.2 Å². The third-order valence-corrected chi connectivity index (χ3v) is 6.99. The zero-order chi connectivity index (χ0) is 24.1. The molecule has 5 N–H and O–H groups in total. The molecule has 4 rings (SSSR count). The minimum Gasteiger partial charge on any atom is -0.368 e. The topological polar surface area (TPSA) is 120 Å². The number of hydrogen-bond acceptors (Lipinski definition) is 7. The molecule has 0 spiro atoms. The number of anilines is 1. The van der Waals surface area contributed by atoms with Gasteiger partial charge in [0.1, 0.15) is 11.5 Å². The molecule has 0 radical (unpaired) electrons. The van der Waals surface area contributed by atoms with Crippen molar-refractivity contribution >= 4 is 35.2 Å². The molecule has 2 fully saturated rings. The van der Waals surface area contributed by atoms with E-state index in [1.807, 2.05) is 42.2 Å². The van der Waals surface area contributed by atoms with Crippen molar-refractivity contribution in [3.8, 4) is 0 Å². The fraction of sp³-hybridized carbons (Fsp3) is 0.375. The highest BCUT2D eigenvalue weighted by atomic mass is 32.2. The first-order valence-electron chi connectivity index (χ1n) is 11.3. The maximum Gasteiger partial charge on any atom is 0.252 e. The summed E-state index contributed by atoms with van der Waals surface area (Å²) >= 11 is 1.28. The van der Waals surface area contributed by atoms with E-state index < -0.39 is 17.7 Å². The maximum absolute atomic E-state index is 12.7. The van der Waals surface area contributed by atoms with Crippen LogP contribution in [-0.2, 0) is 9.59 Å². The van der Waals surface area contributed by atoms with Gasteiger partial charge in [0, 0.05) is 37.4 Å². The second kappa shape index (κ2) is 10.9. The van der Waals surface area contributed by atoms with Gasteiger partial charge in [-0.15, -0.1) is 11.8 Å². The Morgan fingerprint density at radius 1 is 1.06 bits per heavy atom. The van der Waals surface area contributed by atoms with Crippen molar-refractivity contribution < 1.29 is 14.4 Å². The summed E-state index contributed by atoms with van der Waals surface area (Å²) in [4.78, 5) is 41.9. The summed E-state index contributed by atoms with van der Waals surface area (Å²) in [6.45, 7) is 4.82. The van der Waals surface area contributed by atoms with Gasteiger partial charge in [0.2, 0.25) is 11.8 Å². The quantitative estimate of drug-likeness (QED) is 0.472. The van der Waals surface area contributed by atoms with E-state index in [2.05, 4.69) is 33.0 Å². The molecule has 10 heteroatoms. The molecule has 2 aromatic carbocycles. The molecule has 0 aromatic heterocycles. The number of piperazine rings is 1. The minimum atomic E-state index is -0.910. The first kappa shape index (κ1) is 24.1. The largest absolute Gasteiger partial charge is 0.368 e. The number of nitrogens with one attached hydrogen (secondary N) is 3. The van der Waals surface area contributed by atoms with Gasteiger partial charge in [-0.25, -0.2) is 0 Å². The van der Waals surface area contributed by atoms with Crippen molar-refractivity contribution in [2.45, 2.75) is 24.6 Å². The highest BCUT2D eigenvalue weighted by Crippen LogP contribution is 2.17. The lowest BCUT2D eigenvalue weighted by Gasteiger charge is -2.37. The Bertz CT molecular complexity index is 1010. The first-order chi connectivity index (χ1) is 16.4. The molecule has 2 aliphatic heterocycles. The fourth-order valence-electron chi connectivity index (χ4n) is 3.97. The van der Waals surface area contributed by atoms with Gasteiger partial charge in [-0.3, -0.25) is 19.7 Å². The Morgan fingerprint density at radius 3 is 2.38 bits per heavy atom. The number of para-hydroxylation sites is 1. The van der Waals surface area contributed by atoms with Crippen LogP contribution in [0.25, 0.3) is 0 Å². The normalized spacial score (nSPS) is 22.8. The highest BCUT2D eigenvalue weighted by Gasteiger charge is 2.36. The Kier molecular flexibility index (Phi) is 7.71. The number of rotatable bonds is 6. The van der Waals surface area contributed by atoms with Crippen LogP contribution in [0.4, 0.5) is 5.69 Å². The van der Waals surface area contributed by atoms with Gasteiger partial charge in [-0.2, -0.15) is 0 Å². The molecule has 2 saturated heterocycles. The zero-order valence-electron chi connectivity index (χ0n) is 19.1. The summed E-state index contributed by atoms with van der Waals surface area (Å²) in [5.41, 5.74) is 8.28. The fourth-order valence-corrected chi connectivity index (χ4v) is 4.91. The molecule has 3 amide bonds. The van der Waals surface area contributed by atoms with Crippen molar-refractivity contribution in [1.29, 1.82) is 0 Å². The Labute approximate surface area is 203 Å². The summed E-state index contributed by atoms with van der Waals surface area (Å²) in [6, 6.07) is 16.3. The highest BCUT2D eigenvalue weighted by molar-refractivity contribution is 8.00. The van der Waals surface area contributed by atoms with Crippen LogP contribution in [0.3, 0.4) is 0 Å². The predicted molar refractivity (Wildman–Crippen MR) is 133 cm³/mol. The number of benzene rings is 2. The van der Waals surface area contributed by atoms with Crippen molar-refractivity contribution in [3.63, 3.8) is 0 Å². The van der Waals surface area contributed by atoms with E-state index in [9.17, 15) is 14.4 Å². The number of nitrogens with two attached hydrogens (primary N) is 1. The summed E-state index contributed by atoms with van der Waals surface area (Å²) in [6.07, 6.45) is -0.773. The lowest BCUT2D eigenvalue weighted by molar-refractivity contribution is -0.129. The second-order valence-corrected chi connectivity index (χ2v) is 9.51. The molecule has 0 aliphatic carbocycles. The Balaban J connectivity index is 1.22. The molecule has 0 saturated carbocycles. The van der Waals surface area contributed by atoms with Crippen molar-refractivity contribution in [2.24, 2.45) is 5.73 Å². The van der Waals surface area contributed by atoms with E-state index in [1.54, 1.807) is 12.1 Å². The number of thioether (sulfide) groups is 1. The number of carbonyl (C=O) groups is 3. The Hall–Kier alpha value is -3.08. The number of nitrogens with zero attached hydrogens (tertiary/aromatic N) is 2. The van der Waals surface area contributed by atoms with E-state index >= 15 is 0 Å². The van der Waals surface area contributed by atoms with Crippen molar-refractivity contribution in [1.82, 2.24) is 20.9 Å². The third kappa shape index (κ3) is 5.88. The van der Waals surface area contributed by atoms with E-state index in [-0.39, 0.29) is 23.5 Å². The first-order valence-corrected chi connectivity index (χ1v) is 12.3. The molecular formula is C24H30N6O3S. The van der Waals surface area contributed by atoms with Gasteiger partial charge in [0.15, 0.2) is 0 Å². The van der Waals surface area contributed by atoms with Gasteiger partial charge in [0.25, 0.3) is 5.91 Å². The lowest BCUT2D eigenvalue weighted by atomic mass is 10.1. The van der Waals surface area contributed by atoms with E-state index in [4.69, 9.17) is 5.73 Å². The number of amides is 3. The summed E-state index contributed by atoms with van der Waals surface area (Å²) in [7, 11) is 0. The molecule has 2 aliphatic rings. The van der Waals surface area contributed by atoms with E-state index in [0.717, 1.165) is 24.3 Å². The van der Waals surface area contributed by atoms with Crippen LogP contribution in [0.15, 0.2) is 54.6 Å². The van der Waals surface area contributed by atoms with Crippen LogP contribution in [0.1, 0.15) is 15.9 Å². The van der Waals surface area contributed by atoms with Crippen LogP contribution in [0, 0.1) is 6.92 Å². The minimum absolute atomic E-state index is 0.0251. The standard InChI is InChI=1S/C24H30N6O3S/c1-16-7-9-17(10-8-16)22(32)26-20-21(25)27-24(28-23(20)33)34-15-19(31)30-13-11-29(12-14-30)18-5-3-2-4-6-18/h2-10,20-21,24,27H,11-15,25H2,1H3,(H,26,32)(H,28,33). The van der Waals surface area contributed by atoms with E-state index in [1.165, 1.54) is 11.8 Å². The summed E-state index contributed by atoms with van der Waals surface area (Å²) in [5.74, 6) is -0.505. The lowest BCUT2D eigenvalue weighted by Crippen LogP contribution is -2.70. The van der Waals surface area contributed by atoms with Crippen molar-refractivity contribution in [3.05, 3.63) is 65.7 Å². The van der Waals surface area contributed by atoms with Crippen LogP contribution in [0.2, 0.25) is 0 Å². The number of hydrogen-bond donors (Lipinski definition) is 4. The van der Waals surface area contributed by atoms with Crippen molar-refractivity contribution in [2.75, 3.05) is 36.8 Å². The smallest absolute Gasteiger partial charge is 0.252 e. The van der Waals surface area contributed by atoms with Crippen LogP contribution in [-0.4, -0.2) is 72.3 Å². The van der Waals surface area contributed by atoms with E-state index in [0.29, 0.717) is 18.7 Å². The predicted octanol–water partition coefficient (Wildman–Crippen LogP) is 0.463. The molecule has 3 atom stereocenters. The average Bonchev–Trinajstić information content (AvgIpc) is 2.85. The molecule has 34 heavy (non-hydrogen) atoms. The molecule has 2 heterocycles. The van der Waals surface area contributed by atoms with Crippen LogP contribution >= 0.6 is 11.8 Å². The third-order valence-electron chi connectivity index (χ3n) is 5.99. The molecule has 2 aromatic rings. The Morgan fingerprint density at radius 2 is 1.74 bits per heavy atom. The van der Waals surface area contributed by atoms with Gasteiger partial charge in [-0.1, -0.05) is 35.9 Å². The van der Waals surface area contributed by atoms with Crippen LogP contribution < -0.4 is 26.6 Å². The SMILES string of the molecule is Cc1ccc(C(=O)NC2C(=O)NC(SCC(=O)N3CCN(c4ccccc4)CC3)NC2N)cc1. The number of carbonyl (C=O) groups excluding carboxylic acids is 3. The average molecular weight is 483 g/mol. The van der Waals surface area contributed by atoms with Gasteiger partial charge in [0.05, 0.1) is 11.9 Å². The summed E-state index contributed by atoms with van der Waals surface area (Å²) < 4.78 is 0. The number of aryl methyl sites for hydroxylation is 1. The summed E-state index contributed by atoms with van der Waals surface area (Å²) in [5, 5.41) is 8.53. The second-order valence-electron chi connectivity index (χ2n) is 8.41. The monoisotopic (exact) mass is 482 g/mol. The molecule has 180 valence electrons. The molecular weight excluding hydrogens is 452 g/mol. The molecule has 0 bridgehead atoms. The van der Waals surface area contributed by atoms with Gasteiger partial charge < -0.3 is 26.2 Å². The van der Waals surface area contributed by atoms with Gasteiger partial charge >= 0.3 is 0 Å². The molecule has 3 unspecified atom stereocenters. The van der Waals surface area contributed by atoms with Crippen LogP contribution in [0.5, 0.6) is 0 Å².